The van der Waals surface area contributed by atoms with Crippen LogP contribution in [0.3, 0.4) is 0 Å². The highest BCUT2D eigenvalue weighted by Crippen LogP contribution is 2.45. The Kier molecular flexibility index (Phi) is 55.0. The third-order valence-electron chi connectivity index (χ3n) is 15.2. The molecule has 0 heterocycles. The number of unbranched alkanes of at least 4 members (excludes halogenated alkanes) is 30. The lowest BCUT2D eigenvalue weighted by Crippen LogP contribution is -2.30. The lowest BCUT2D eigenvalue weighted by Gasteiger charge is -2.21. The van der Waals surface area contributed by atoms with E-state index in [2.05, 4.69) is 48.5 Å². The number of ether oxygens (including phenoxy) is 4. The molecule has 0 saturated carbocycles. The molecular weight excluding hydrogens is 1110 g/mol. The highest BCUT2D eigenvalue weighted by Gasteiger charge is 2.30. The van der Waals surface area contributed by atoms with Crippen LogP contribution in [0.5, 0.6) is 0 Å². The summed E-state index contributed by atoms with van der Waals surface area (Å²) in [6.45, 7) is 11.7. The zero-order valence-electron chi connectivity index (χ0n) is 54.4. The molecule has 0 aromatic carbocycles. The normalized spacial score (nSPS) is 14.7. The average Bonchev–Trinajstić information content (AvgIpc) is 3.49. The predicted molar refractivity (Wildman–Crippen MR) is 335 cm³/mol. The molecule has 0 saturated heterocycles. The molecule has 0 aliphatic rings. The van der Waals surface area contributed by atoms with Crippen LogP contribution in [0.25, 0.3) is 0 Å². The van der Waals surface area contributed by atoms with Crippen LogP contribution < -0.4 is 0 Å². The summed E-state index contributed by atoms with van der Waals surface area (Å²) in [7, 11) is -9.89. The Labute approximate surface area is 511 Å². The molecule has 0 amide bonds. The minimum atomic E-state index is -4.95. The number of phosphoric acid groups is 2. The maximum Gasteiger partial charge on any atom is 0.472 e. The zero-order chi connectivity index (χ0) is 62.4. The molecule has 498 valence electrons. The molecule has 0 aromatic heterocycles. The van der Waals surface area contributed by atoms with Crippen molar-refractivity contribution in [1.29, 1.82) is 0 Å². The van der Waals surface area contributed by atoms with Crippen LogP contribution in [-0.2, 0) is 65.4 Å². The number of aliphatic hydroxyl groups excluding tert-OH is 1. The van der Waals surface area contributed by atoms with E-state index in [4.69, 9.17) is 37.0 Å². The minimum Gasteiger partial charge on any atom is -0.462 e. The number of carbonyl (C=O) groups excluding carboxylic acids is 4. The van der Waals surface area contributed by atoms with Gasteiger partial charge >= 0.3 is 39.5 Å². The fourth-order valence-electron chi connectivity index (χ4n) is 9.62. The summed E-state index contributed by atoms with van der Waals surface area (Å²) in [5.74, 6) is 0.0534. The summed E-state index contributed by atoms with van der Waals surface area (Å²) < 4.78 is 68.0. The van der Waals surface area contributed by atoms with E-state index in [-0.39, 0.29) is 25.7 Å². The molecule has 17 nitrogen and oxygen atoms in total. The van der Waals surface area contributed by atoms with E-state index in [1.165, 1.54) is 122 Å². The first-order valence-corrected chi connectivity index (χ1v) is 36.9. The van der Waals surface area contributed by atoms with Crippen molar-refractivity contribution in [1.82, 2.24) is 0 Å². The highest BCUT2D eigenvalue weighted by molar-refractivity contribution is 7.47. The second-order valence-electron chi connectivity index (χ2n) is 24.7. The van der Waals surface area contributed by atoms with E-state index < -0.39 is 97.5 Å². The second-order valence-corrected chi connectivity index (χ2v) is 27.6. The van der Waals surface area contributed by atoms with Crippen molar-refractivity contribution < 1.29 is 80.2 Å². The van der Waals surface area contributed by atoms with Gasteiger partial charge < -0.3 is 33.8 Å². The number of carbonyl (C=O) groups is 4. The van der Waals surface area contributed by atoms with Crippen LogP contribution >= 0.6 is 15.6 Å². The maximum absolute atomic E-state index is 13.0. The first-order chi connectivity index (χ1) is 40.3. The first-order valence-electron chi connectivity index (χ1n) is 33.9. The van der Waals surface area contributed by atoms with Crippen molar-refractivity contribution >= 4 is 39.5 Å². The van der Waals surface area contributed by atoms with Gasteiger partial charge in [0.2, 0.25) is 0 Å². The van der Waals surface area contributed by atoms with E-state index in [0.717, 1.165) is 108 Å². The summed E-state index contributed by atoms with van der Waals surface area (Å²) in [4.78, 5) is 72.2. The van der Waals surface area contributed by atoms with Gasteiger partial charge in [-0.15, -0.1) is 0 Å². The molecule has 3 N–H and O–H groups in total. The lowest BCUT2D eigenvalue weighted by atomic mass is 10.00. The van der Waals surface area contributed by atoms with Gasteiger partial charge in [-0.2, -0.15) is 0 Å². The van der Waals surface area contributed by atoms with Gasteiger partial charge in [0.1, 0.15) is 19.3 Å². The number of hydrogen-bond donors (Lipinski definition) is 3. The molecule has 0 aromatic rings. The van der Waals surface area contributed by atoms with Crippen molar-refractivity contribution in [2.45, 2.75) is 336 Å². The van der Waals surface area contributed by atoms with Gasteiger partial charge in [-0.25, -0.2) is 9.13 Å². The van der Waals surface area contributed by atoms with Gasteiger partial charge in [0.25, 0.3) is 0 Å². The van der Waals surface area contributed by atoms with Gasteiger partial charge in [-0.1, -0.05) is 267 Å². The van der Waals surface area contributed by atoms with Crippen molar-refractivity contribution in [3.05, 3.63) is 0 Å². The topological polar surface area (TPSA) is 237 Å². The number of rotatable bonds is 63. The van der Waals surface area contributed by atoms with Crippen molar-refractivity contribution in [3.63, 3.8) is 0 Å². The summed E-state index contributed by atoms with van der Waals surface area (Å²) in [5, 5.41) is 10.5. The van der Waals surface area contributed by atoms with E-state index >= 15 is 0 Å². The van der Waals surface area contributed by atoms with E-state index in [0.29, 0.717) is 31.6 Å². The Morgan fingerprint density at radius 2 is 0.607 bits per heavy atom. The van der Waals surface area contributed by atoms with Crippen LogP contribution in [0.1, 0.15) is 318 Å². The predicted octanol–water partition coefficient (Wildman–Crippen LogP) is 17.9. The number of phosphoric ester groups is 2. The fourth-order valence-corrected chi connectivity index (χ4v) is 11.2. The Bertz CT molecular complexity index is 1670. The highest BCUT2D eigenvalue weighted by atomic mass is 31.2. The van der Waals surface area contributed by atoms with Crippen molar-refractivity contribution in [2.24, 2.45) is 17.8 Å². The number of hydrogen-bond acceptors (Lipinski definition) is 15. The van der Waals surface area contributed by atoms with Gasteiger partial charge in [-0.3, -0.25) is 37.3 Å². The molecule has 6 atom stereocenters. The van der Waals surface area contributed by atoms with E-state index in [9.17, 15) is 43.2 Å². The molecule has 0 aliphatic heterocycles. The average molecular weight is 1240 g/mol. The zero-order valence-corrected chi connectivity index (χ0v) is 56.1. The van der Waals surface area contributed by atoms with Crippen molar-refractivity contribution in [2.75, 3.05) is 39.6 Å². The first kappa shape index (κ1) is 82.1. The van der Waals surface area contributed by atoms with Crippen LogP contribution in [-0.4, -0.2) is 96.7 Å². The van der Waals surface area contributed by atoms with Crippen LogP contribution in [0.2, 0.25) is 0 Å². The summed E-state index contributed by atoms with van der Waals surface area (Å²) in [6, 6.07) is 0. The van der Waals surface area contributed by atoms with Gasteiger partial charge in [-0.05, 0) is 43.4 Å². The minimum absolute atomic E-state index is 0.103. The molecule has 19 heteroatoms. The Morgan fingerprint density at radius 1 is 0.345 bits per heavy atom. The smallest absolute Gasteiger partial charge is 0.462 e. The number of esters is 4. The molecule has 0 fully saturated rings. The van der Waals surface area contributed by atoms with Crippen LogP contribution in [0, 0.1) is 17.8 Å². The molecule has 0 spiro atoms. The molecule has 0 aliphatic carbocycles. The van der Waals surface area contributed by atoms with Gasteiger partial charge in [0.05, 0.1) is 26.4 Å². The SMILES string of the molecule is CCCCCCCCCCCCC(=O)OC[C@H](COP(=O)(O)OC[C@H](O)COP(=O)(O)OC[C@@H](COC(=O)CCCCCCCCCC(C)C)OC(=O)CCCCCCCCCCCCCC(C)C)OC(=O)CCCCCCCCC(C)CC. The van der Waals surface area contributed by atoms with Crippen molar-refractivity contribution in [3.8, 4) is 0 Å². The monoisotopic (exact) mass is 1240 g/mol. The fraction of sp³-hybridized carbons (Fsp3) is 0.938. The molecule has 0 bridgehead atoms. The van der Waals surface area contributed by atoms with Crippen LogP contribution in [0.4, 0.5) is 0 Å². The molecule has 0 radical (unpaired) electrons. The van der Waals surface area contributed by atoms with E-state index in [1.54, 1.807) is 0 Å². The summed E-state index contributed by atoms with van der Waals surface area (Å²) in [5.41, 5.74) is 0. The third kappa shape index (κ3) is 57.8. The molecule has 84 heavy (non-hydrogen) atoms. The standard InChI is InChI=1S/C65H126O17P2/c1-8-10-11-12-13-14-19-24-32-39-46-62(67)75-53-61(82-65(70)49-42-35-28-27-31-38-45-58(7)9-2)55-80-84(73,74)78-51-59(66)50-77-83(71,72)79-54-60(52-76-63(68)47-40-33-26-21-23-30-37-44-57(5)6)81-64(69)48-41-34-25-20-17-15-16-18-22-29-36-43-56(3)4/h56-61,66H,8-55H2,1-7H3,(H,71,72)(H,73,74)/t58?,59-,60-,61-/m1/s1. The maximum atomic E-state index is 13.0. The van der Waals surface area contributed by atoms with Gasteiger partial charge in [0, 0.05) is 25.7 Å². The molecule has 3 unspecified atom stereocenters. The largest absolute Gasteiger partial charge is 0.472 e. The third-order valence-corrected chi connectivity index (χ3v) is 17.1. The van der Waals surface area contributed by atoms with Crippen LogP contribution in [0.15, 0.2) is 0 Å². The molecule has 0 rings (SSSR count). The number of aliphatic hydroxyl groups is 1. The Balaban J connectivity index is 5.25. The second kappa shape index (κ2) is 56.3. The lowest BCUT2D eigenvalue weighted by molar-refractivity contribution is -0.161. The Morgan fingerprint density at radius 3 is 0.905 bits per heavy atom. The summed E-state index contributed by atoms with van der Waals surface area (Å²) in [6.07, 6.45) is 37.6. The van der Waals surface area contributed by atoms with Gasteiger partial charge in [0.15, 0.2) is 12.2 Å². The summed E-state index contributed by atoms with van der Waals surface area (Å²) >= 11 is 0. The quantitative estimate of drug-likeness (QED) is 0.0222. The van der Waals surface area contributed by atoms with E-state index in [1.807, 2.05) is 0 Å². The molecular formula is C65H126O17P2. The Hall–Kier alpha value is -1.94.